The van der Waals surface area contributed by atoms with Gasteiger partial charge in [-0.15, -0.1) is 11.3 Å². The van der Waals surface area contributed by atoms with E-state index in [0.29, 0.717) is 6.54 Å². The van der Waals surface area contributed by atoms with Gasteiger partial charge in [-0.1, -0.05) is 19.1 Å². The highest BCUT2D eigenvalue weighted by Gasteiger charge is 2.29. The smallest absolute Gasteiger partial charge is 0.261 e. The average Bonchev–Trinajstić information content (AvgIpc) is 3.36. The van der Waals surface area contributed by atoms with Crippen LogP contribution in [0.25, 0.3) is 0 Å². The summed E-state index contributed by atoms with van der Waals surface area (Å²) in [4.78, 5) is 25.9. The van der Waals surface area contributed by atoms with Crippen LogP contribution in [-0.2, 0) is 17.8 Å². The third-order valence-electron chi connectivity index (χ3n) is 4.25. The molecule has 1 heterocycles. The van der Waals surface area contributed by atoms with Gasteiger partial charge >= 0.3 is 0 Å². The molecule has 0 unspecified atom stereocenters. The van der Waals surface area contributed by atoms with Crippen molar-refractivity contribution in [2.75, 3.05) is 5.32 Å². The number of hydrogen-bond acceptors (Lipinski definition) is 3. The molecule has 24 heavy (non-hydrogen) atoms. The molecule has 3 rings (SSSR count). The number of nitrogens with one attached hydrogen (secondary N) is 2. The van der Waals surface area contributed by atoms with Gasteiger partial charge in [0.2, 0.25) is 5.91 Å². The molecule has 0 aliphatic heterocycles. The highest BCUT2D eigenvalue weighted by atomic mass is 32.1. The van der Waals surface area contributed by atoms with Gasteiger partial charge < -0.3 is 10.6 Å². The zero-order valence-corrected chi connectivity index (χ0v) is 14.8. The molecule has 1 aliphatic carbocycles. The van der Waals surface area contributed by atoms with E-state index < -0.39 is 0 Å². The Hall–Kier alpha value is -2.14. The van der Waals surface area contributed by atoms with E-state index in [1.54, 1.807) is 11.3 Å². The monoisotopic (exact) mass is 342 g/mol. The molecule has 0 spiro atoms. The minimum absolute atomic E-state index is 0.0334. The van der Waals surface area contributed by atoms with Crippen LogP contribution in [0.4, 0.5) is 5.69 Å². The van der Waals surface area contributed by atoms with Crippen molar-refractivity contribution in [3.63, 3.8) is 0 Å². The van der Waals surface area contributed by atoms with Crippen molar-refractivity contribution < 1.29 is 9.59 Å². The topological polar surface area (TPSA) is 58.2 Å². The summed E-state index contributed by atoms with van der Waals surface area (Å²) in [6.07, 6.45) is 2.94. The SMILES string of the molecule is CCc1cc(C(=O)NCc2ccc(NC(=O)C3CC3)cc2)sc1C. The molecule has 1 aromatic heterocycles. The molecule has 2 aromatic rings. The molecule has 0 atom stereocenters. The first-order valence-corrected chi connectivity index (χ1v) is 9.15. The molecule has 1 aliphatic rings. The van der Waals surface area contributed by atoms with E-state index in [1.165, 1.54) is 10.4 Å². The molecule has 1 aromatic carbocycles. The van der Waals surface area contributed by atoms with Gasteiger partial charge in [0, 0.05) is 23.0 Å². The number of hydrogen-bond donors (Lipinski definition) is 2. The second-order valence-electron chi connectivity index (χ2n) is 6.19. The largest absolute Gasteiger partial charge is 0.347 e. The van der Waals surface area contributed by atoms with Gasteiger partial charge in [-0.2, -0.15) is 0 Å². The first kappa shape index (κ1) is 16.7. The summed E-state index contributed by atoms with van der Waals surface area (Å²) < 4.78 is 0. The lowest BCUT2D eigenvalue weighted by molar-refractivity contribution is -0.117. The molecule has 126 valence electrons. The predicted octanol–water partition coefficient (Wildman–Crippen LogP) is 3.90. The van der Waals surface area contributed by atoms with Crippen molar-refractivity contribution in [1.29, 1.82) is 0 Å². The van der Waals surface area contributed by atoms with Gasteiger partial charge in [0.1, 0.15) is 0 Å². The fraction of sp³-hybridized carbons (Fsp3) is 0.368. The number of carbonyl (C=O) groups is 2. The number of benzene rings is 1. The summed E-state index contributed by atoms with van der Waals surface area (Å²) in [5.41, 5.74) is 3.06. The second kappa shape index (κ2) is 7.18. The van der Waals surface area contributed by atoms with E-state index >= 15 is 0 Å². The minimum Gasteiger partial charge on any atom is -0.347 e. The van der Waals surface area contributed by atoms with E-state index in [9.17, 15) is 9.59 Å². The van der Waals surface area contributed by atoms with Crippen LogP contribution in [0.5, 0.6) is 0 Å². The lowest BCUT2D eigenvalue weighted by atomic mass is 10.2. The van der Waals surface area contributed by atoms with Crippen LogP contribution in [0.1, 0.15) is 45.4 Å². The van der Waals surface area contributed by atoms with E-state index in [2.05, 4.69) is 24.5 Å². The standard InChI is InChI=1S/C19H22N2O2S/c1-3-14-10-17(24-12(14)2)19(23)20-11-13-4-8-16(9-5-13)21-18(22)15-6-7-15/h4-5,8-10,15H,3,6-7,11H2,1-2H3,(H,20,23)(H,21,22). The minimum atomic E-state index is -0.0334. The molecular formula is C19H22N2O2S. The summed E-state index contributed by atoms with van der Waals surface area (Å²) in [7, 11) is 0. The number of carbonyl (C=O) groups excluding carboxylic acids is 2. The summed E-state index contributed by atoms with van der Waals surface area (Å²) in [6, 6.07) is 9.60. The summed E-state index contributed by atoms with van der Waals surface area (Å²) in [6.45, 7) is 4.63. The molecule has 5 heteroatoms. The van der Waals surface area contributed by atoms with Crippen molar-refractivity contribution in [3.05, 3.63) is 51.2 Å². The Balaban J connectivity index is 1.53. The summed E-state index contributed by atoms with van der Waals surface area (Å²) in [5.74, 6) is 0.274. The van der Waals surface area contributed by atoms with E-state index in [0.717, 1.165) is 35.4 Å². The maximum atomic E-state index is 12.2. The maximum Gasteiger partial charge on any atom is 0.261 e. The summed E-state index contributed by atoms with van der Waals surface area (Å²) >= 11 is 1.54. The van der Waals surface area contributed by atoms with Crippen molar-refractivity contribution in [2.45, 2.75) is 39.7 Å². The normalized spacial score (nSPS) is 13.6. The van der Waals surface area contributed by atoms with Gasteiger partial charge in [-0.25, -0.2) is 0 Å². The fourth-order valence-electron chi connectivity index (χ4n) is 2.55. The van der Waals surface area contributed by atoms with Gasteiger partial charge in [0.25, 0.3) is 5.91 Å². The number of aryl methyl sites for hydroxylation is 2. The van der Waals surface area contributed by atoms with E-state index in [4.69, 9.17) is 0 Å². The predicted molar refractivity (Wildman–Crippen MR) is 97.4 cm³/mol. The van der Waals surface area contributed by atoms with Crippen LogP contribution in [0, 0.1) is 12.8 Å². The van der Waals surface area contributed by atoms with Crippen LogP contribution in [0.3, 0.4) is 0 Å². The number of rotatable bonds is 6. The molecule has 1 fully saturated rings. The van der Waals surface area contributed by atoms with E-state index in [-0.39, 0.29) is 17.7 Å². The Morgan fingerprint density at radius 1 is 1.21 bits per heavy atom. The third kappa shape index (κ3) is 4.03. The van der Waals surface area contributed by atoms with Crippen LogP contribution >= 0.6 is 11.3 Å². The summed E-state index contributed by atoms with van der Waals surface area (Å²) in [5, 5.41) is 5.87. The Kier molecular flexibility index (Phi) is 5.00. The Bertz CT molecular complexity index is 745. The van der Waals surface area contributed by atoms with Gasteiger partial charge in [-0.3, -0.25) is 9.59 Å². The Morgan fingerprint density at radius 3 is 2.50 bits per heavy atom. The Labute approximate surface area is 146 Å². The third-order valence-corrected chi connectivity index (χ3v) is 5.34. The van der Waals surface area contributed by atoms with Crippen molar-refractivity contribution in [1.82, 2.24) is 5.32 Å². The van der Waals surface area contributed by atoms with E-state index in [1.807, 2.05) is 30.3 Å². The zero-order chi connectivity index (χ0) is 17.1. The maximum absolute atomic E-state index is 12.2. The quantitative estimate of drug-likeness (QED) is 0.836. The highest BCUT2D eigenvalue weighted by molar-refractivity contribution is 7.14. The number of anilines is 1. The lowest BCUT2D eigenvalue weighted by Crippen LogP contribution is -2.21. The Morgan fingerprint density at radius 2 is 1.92 bits per heavy atom. The van der Waals surface area contributed by atoms with Crippen molar-refractivity contribution in [3.8, 4) is 0 Å². The number of amides is 2. The molecule has 1 saturated carbocycles. The highest BCUT2D eigenvalue weighted by Crippen LogP contribution is 2.30. The molecule has 0 radical (unpaired) electrons. The van der Waals surface area contributed by atoms with Crippen LogP contribution in [-0.4, -0.2) is 11.8 Å². The van der Waals surface area contributed by atoms with Crippen molar-refractivity contribution in [2.24, 2.45) is 5.92 Å². The second-order valence-corrected chi connectivity index (χ2v) is 7.45. The molecule has 4 nitrogen and oxygen atoms in total. The molecule has 0 bridgehead atoms. The first-order valence-electron chi connectivity index (χ1n) is 8.34. The zero-order valence-electron chi connectivity index (χ0n) is 14.0. The molecular weight excluding hydrogens is 320 g/mol. The van der Waals surface area contributed by atoms with Gasteiger partial charge in [0.15, 0.2) is 0 Å². The van der Waals surface area contributed by atoms with Crippen molar-refractivity contribution >= 4 is 28.8 Å². The lowest BCUT2D eigenvalue weighted by Gasteiger charge is -2.07. The van der Waals surface area contributed by atoms with Crippen LogP contribution in [0.2, 0.25) is 0 Å². The van der Waals surface area contributed by atoms with Crippen LogP contribution in [0.15, 0.2) is 30.3 Å². The number of thiophene rings is 1. The molecule has 0 saturated heterocycles. The van der Waals surface area contributed by atoms with Gasteiger partial charge in [-0.05, 0) is 55.5 Å². The molecule has 2 amide bonds. The fourth-order valence-corrected chi connectivity index (χ4v) is 3.58. The van der Waals surface area contributed by atoms with Gasteiger partial charge in [0.05, 0.1) is 4.88 Å². The average molecular weight is 342 g/mol. The molecule has 2 N–H and O–H groups in total. The van der Waals surface area contributed by atoms with Crippen LogP contribution < -0.4 is 10.6 Å². The first-order chi connectivity index (χ1) is 11.6.